The summed E-state index contributed by atoms with van der Waals surface area (Å²) in [5, 5.41) is 13.5. The lowest BCUT2D eigenvalue weighted by molar-refractivity contribution is -0.121. The smallest absolute Gasteiger partial charge is 0.407 e. The van der Waals surface area contributed by atoms with Crippen LogP contribution in [-0.2, 0) is 22.7 Å². The van der Waals surface area contributed by atoms with Gasteiger partial charge in [-0.3, -0.25) is 4.79 Å². The summed E-state index contributed by atoms with van der Waals surface area (Å²) in [6, 6.07) is 18.5. The van der Waals surface area contributed by atoms with Gasteiger partial charge in [0.1, 0.15) is 13.2 Å². The van der Waals surface area contributed by atoms with Crippen LogP contribution in [0, 0.1) is 0 Å². The number of ether oxygens (including phenoxy) is 1. The molecule has 0 fully saturated rings. The number of aromatic nitrogens is 3. The van der Waals surface area contributed by atoms with Gasteiger partial charge in [-0.15, -0.1) is 0 Å². The van der Waals surface area contributed by atoms with E-state index in [1.807, 2.05) is 60.7 Å². The molecule has 2 N–H and O–H groups in total. The zero-order valence-corrected chi connectivity index (χ0v) is 15.2. The van der Waals surface area contributed by atoms with Gasteiger partial charge in [-0.2, -0.15) is 15.0 Å². The Hall–Kier alpha value is -3.68. The quantitative estimate of drug-likeness (QED) is 0.624. The number of benzene rings is 2. The van der Waals surface area contributed by atoms with E-state index < -0.39 is 6.09 Å². The zero-order valence-electron chi connectivity index (χ0n) is 15.2. The zero-order chi connectivity index (χ0) is 19.6. The lowest BCUT2D eigenvalue weighted by Crippen LogP contribution is -2.40. The van der Waals surface area contributed by atoms with Gasteiger partial charge in [0.15, 0.2) is 0 Å². The van der Waals surface area contributed by atoms with Crippen LogP contribution in [0.5, 0.6) is 0 Å². The van der Waals surface area contributed by atoms with Crippen LogP contribution in [0.25, 0.3) is 0 Å². The number of nitrogens with one attached hydrogen (secondary N) is 2. The van der Waals surface area contributed by atoms with Crippen molar-refractivity contribution >= 4 is 12.0 Å². The Morgan fingerprint density at radius 1 is 0.964 bits per heavy atom. The molecule has 0 aliphatic carbocycles. The van der Waals surface area contributed by atoms with Crippen LogP contribution in [0.15, 0.2) is 73.1 Å². The van der Waals surface area contributed by atoms with Crippen molar-refractivity contribution in [2.75, 3.05) is 6.54 Å². The third kappa shape index (κ3) is 5.94. The number of nitrogens with zero attached hydrogens (tertiary/aromatic N) is 3. The standard InChI is InChI=1S/C20H21N5O3/c26-19(13-21-20(27)28-15-16-7-3-1-4-8-16)24-18(14-25-22-11-12-23-25)17-9-5-2-6-10-17/h1-12,18H,13-15H2,(H,21,27)(H,24,26)/t18-/m0/s1. The van der Waals surface area contributed by atoms with Crippen molar-refractivity contribution < 1.29 is 14.3 Å². The lowest BCUT2D eigenvalue weighted by atomic mass is 10.1. The molecule has 0 unspecified atom stereocenters. The first-order valence-corrected chi connectivity index (χ1v) is 8.83. The molecule has 0 saturated carbocycles. The molecule has 0 radical (unpaired) electrons. The SMILES string of the molecule is O=C(CNC(=O)OCc1ccccc1)N[C@@H](Cn1nccn1)c1ccccc1. The molecular weight excluding hydrogens is 358 g/mol. The highest BCUT2D eigenvalue weighted by atomic mass is 16.5. The molecule has 8 heteroatoms. The first kappa shape index (κ1) is 19.1. The van der Waals surface area contributed by atoms with Gasteiger partial charge in [-0.1, -0.05) is 60.7 Å². The van der Waals surface area contributed by atoms with Crippen LogP contribution in [0.3, 0.4) is 0 Å². The van der Waals surface area contributed by atoms with Crippen molar-refractivity contribution in [3.05, 3.63) is 84.2 Å². The highest BCUT2D eigenvalue weighted by Crippen LogP contribution is 2.14. The molecule has 2 amide bonds. The molecule has 0 aliphatic heterocycles. The Morgan fingerprint density at radius 2 is 1.61 bits per heavy atom. The van der Waals surface area contributed by atoms with Crippen LogP contribution >= 0.6 is 0 Å². The van der Waals surface area contributed by atoms with E-state index in [9.17, 15) is 9.59 Å². The van der Waals surface area contributed by atoms with Crippen LogP contribution in [0.4, 0.5) is 4.79 Å². The van der Waals surface area contributed by atoms with Gasteiger partial charge in [0.25, 0.3) is 0 Å². The fourth-order valence-electron chi connectivity index (χ4n) is 2.59. The van der Waals surface area contributed by atoms with Crippen molar-refractivity contribution in [2.24, 2.45) is 0 Å². The molecule has 144 valence electrons. The van der Waals surface area contributed by atoms with Gasteiger partial charge >= 0.3 is 6.09 Å². The second kappa shape index (κ2) is 9.86. The van der Waals surface area contributed by atoms with Crippen LogP contribution in [0.2, 0.25) is 0 Å². The summed E-state index contributed by atoms with van der Waals surface area (Å²) in [5.74, 6) is -0.335. The Balaban J connectivity index is 1.49. The second-order valence-corrected chi connectivity index (χ2v) is 6.03. The summed E-state index contributed by atoms with van der Waals surface area (Å²) in [6.45, 7) is 0.330. The Labute approximate surface area is 162 Å². The first-order valence-electron chi connectivity index (χ1n) is 8.83. The number of carbonyl (C=O) groups is 2. The fraction of sp³-hybridized carbons (Fsp3) is 0.200. The molecule has 1 heterocycles. The van der Waals surface area contributed by atoms with E-state index in [2.05, 4.69) is 20.8 Å². The highest BCUT2D eigenvalue weighted by molar-refractivity contribution is 5.82. The van der Waals surface area contributed by atoms with Crippen LogP contribution < -0.4 is 10.6 Å². The number of alkyl carbamates (subject to hydrolysis) is 1. The minimum atomic E-state index is -0.649. The summed E-state index contributed by atoms with van der Waals surface area (Å²) in [6.07, 6.45) is 2.51. The maximum Gasteiger partial charge on any atom is 0.407 e. The molecule has 3 rings (SSSR count). The average Bonchev–Trinajstić information content (AvgIpc) is 3.25. The van der Waals surface area contributed by atoms with E-state index >= 15 is 0 Å². The lowest BCUT2D eigenvalue weighted by Gasteiger charge is -2.19. The van der Waals surface area contributed by atoms with E-state index in [1.165, 1.54) is 4.80 Å². The topological polar surface area (TPSA) is 98.1 Å². The monoisotopic (exact) mass is 379 g/mol. The average molecular weight is 379 g/mol. The third-order valence-electron chi connectivity index (χ3n) is 3.96. The van der Waals surface area contributed by atoms with Crippen LogP contribution in [-0.4, -0.2) is 33.5 Å². The largest absolute Gasteiger partial charge is 0.445 e. The minimum Gasteiger partial charge on any atom is -0.445 e. The van der Waals surface area contributed by atoms with Gasteiger partial charge in [-0.05, 0) is 11.1 Å². The van der Waals surface area contributed by atoms with Gasteiger partial charge < -0.3 is 15.4 Å². The first-order chi connectivity index (χ1) is 13.7. The molecular formula is C20H21N5O3. The fourth-order valence-corrected chi connectivity index (χ4v) is 2.59. The summed E-state index contributed by atoms with van der Waals surface area (Å²) in [7, 11) is 0. The van der Waals surface area contributed by atoms with Crippen molar-refractivity contribution in [1.29, 1.82) is 0 Å². The number of carbonyl (C=O) groups excluding carboxylic acids is 2. The predicted molar refractivity (Wildman–Crippen MR) is 102 cm³/mol. The van der Waals surface area contributed by atoms with E-state index in [-0.39, 0.29) is 25.1 Å². The second-order valence-electron chi connectivity index (χ2n) is 6.03. The maximum atomic E-state index is 12.3. The van der Waals surface area contributed by atoms with Gasteiger partial charge in [0, 0.05) is 0 Å². The summed E-state index contributed by atoms with van der Waals surface area (Å²) >= 11 is 0. The molecule has 1 aromatic heterocycles. The predicted octanol–water partition coefficient (Wildman–Crippen LogP) is 2.06. The normalized spacial score (nSPS) is 11.4. The van der Waals surface area contributed by atoms with Crippen molar-refractivity contribution in [1.82, 2.24) is 25.6 Å². The number of hydrogen-bond donors (Lipinski definition) is 2. The summed E-state index contributed by atoms with van der Waals surface area (Å²) in [4.78, 5) is 25.6. The molecule has 0 spiro atoms. The molecule has 3 aromatic rings. The van der Waals surface area contributed by atoms with Gasteiger partial charge in [0.2, 0.25) is 5.91 Å². The van der Waals surface area contributed by atoms with E-state index in [1.54, 1.807) is 12.4 Å². The number of amides is 2. The van der Waals surface area contributed by atoms with Crippen molar-refractivity contribution in [3.8, 4) is 0 Å². The molecule has 2 aromatic carbocycles. The van der Waals surface area contributed by atoms with E-state index in [0.29, 0.717) is 6.54 Å². The highest BCUT2D eigenvalue weighted by Gasteiger charge is 2.16. The van der Waals surface area contributed by atoms with E-state index in [4.69, 9.17) is 4.74 Å². The van der Waals surface area contributed by atoms with Gasteiger partial charge in [-0.25, -0.2) is 4.79 Å². The molecule has 1 atom stereocenters. The molecule has 0 bridgehead atoms. The number of rotatable bonds is 8. The Bertz CT molecular complexity index is 869. The Kier molecular flexibility index (Phi) is 6.73. The molecule has 8 nitrogen and oxygen atoms in total. The molecule has 0 aliphatic rings. The minimum absolute atomic E-state index is 0.145. The van der Waals surface area contributed by atoms with E-state index in [0.717, 1.165) is 11.1 Å². The van der Waals surface area contributed by atoms with Gasteiger partial charge in [0.05, 0.1) is 25.0 Å². The summed E-state index contributed by atoms with van der Waals surface area (Å²) in [5.41, 5.74) is 1.79. The van der Waals surface area contributed by atoms with Crippen LogP contribution in [0.1, 0.15) is 17.2 Å². The maximum absolute atomic E-state index is 12.3. The van der Waals surface area contributed by atoms with Crippen molar-refractivity contribution in [2.45, 2.75) is 19.2 Å². The summed E-state index contributed by atoms with van der Waals surface area (Å²) < 4.78 is 5.10. The third-order valence-corrected chi connectivity index (χ3v) is 3.96. The Morgan fingerprint density at radius 3 is 2.29 bits per heavy atom. The van der Waals surface area contributed by atoms with Crippen molar-refractivity contribution in [3.63, 3.8) is 0 Å². The molecule has 28 heavy (non-hydrogen) atoms. The number of hydrogen-bond acceptors (Lipinski definition) is 5. The molecule has 0 saturated heterocycles.